The summed E-state index contributed by atoms with van der Waals surface area (Å²) in [4.78, 5) is 12.8. The van der Waals surface area contributed by atoms with Crippen molar-refractivity contribution >= 4 is 17.7 Å². The Morgan fingerprint density at radius 2 is 1.94 bits per heavy atom. The molecule has 1 aromatic carbocycles. The van der Waals surface area contributed by atoms with E-state index in [-0.39, 0.29) is 11.4 Å². The van der Waals surface area contributed by atoms with Gasteiger partial charge in [-0.25, -0.2) is 4.79 Å². The van der Waals surface area contributed by atoms with Gasteiger partial charge >= 0.3 is 5.97 Å². The molecule has 1 aromatic rings. The van der Waals surface area contributed by atoms with Gasteiger partial charge in [0.05, 0.1) is 12.2 Å². The summed E-state index contributed by atoms with van der Waals surface area (Å²) >= 11 is 1.56. The van der Waals surface area contributed by atoms with Crippen LogP contribution in [0.2, 0.25) is 0 Å². The number of benzene rings is 1. The number of hydrogen-bond acceptors (Lipinski definition) is 3. The minimum Gasteiger partial charge on any atom is -0.462 e. The van der Waals surface area contributed by atoms with Crippen LogP contribution in [-0.2, 0) is 4.74 Å². The van der Waals surface area contributed by atoms with E-state index >= 15 is 0 Å². The molecule has 0 spiro atoms. The predicted octanol–water partition coefficient (Wildman–Crippen LogP) is 3.61. The molecule has 3 heteroatoms. The molecule has 0 aliphatic rings. The third-order valence-corrected chi connectivity index (χ3v) is 2.76. The number of hydrogen-bond donors (Lipinski definition) is 0. The Balaban J connectivity index is 2.73. The molecule has 0 atom stereocenters. The van der Waals surface area contributed by atoms with E-state index in [1.165, 1.54) is 0 Å². The molecule has 1 rings (SSSR count). The van der Waals surface area contributed by atoms with Crippen LogP contribution in [-0.4, -0.2) is 18.8 Å². The summed E-state index contributed by atoms with van der Waals surface area (Å²) in [5, 5.41) is 0. The van der Waals surface area contributed by atoms with E-state index in [1.54, 1.807) is 17.8 Å². The van der Waals surface area contributed by atoms with E-state index in [0.717, 1.165) is 4.90 Å². The molecule has 0 aromatic heterocycles. The highest BCUT2D eigenvalue weighted by Gasteiger charge is 2.16. The molecule has 0 amide bonds. The van der Waals surface area contributed by atoms with Crippen molar-refractivity contribution in [2.75, 3.05) is 12.9 Å². The molecule has 0 unspecified atom stereocenters. The first-order chi connectivity index (χ1) is 7.44. The van der Waals surface area contributed by atoms with E-state index in [4.69, 9.17) is 4.74 Å². The van der Waals surface area contributed by atoms with Gasteiger partial charge in [0, 0.05) is 4.90 Å². The lowest BCUT2D eigenvalue weighted by Gasteiger charge is -2.18. The highest BCUT2D eigenvalue weighted by atomic mass is 32.2. The number of ether oxygens (including phenoxy) is 1. The molecule has 0 aliphatic carbocycles. The topological polar surface area (TPSA) is 26.3 Å². The average molecular weight is 238 g/mol. The number of carbonyl (C=O) groups is 1. The van der Waals surface area contributed by atoms with E-state index in [1.807, 2.05) is 45.2 Å². The van der Waals surface area contributed by atoms with Gasteiger partial charge in [0.2, 0.25) is 0 Å². The first-order valence-corrected chi connectivity index (χ1v) is 6.46. The van der Waals surface area contributed by atoms with Gasteiger partial charge in [-0.1, -0.05) is 32.9 Å². The predicted molar refractivity (Wildman–Crippen MR) is 68.0 cm³/mol. The van der Waals surface area contributed by atoms with Crippen molar-refractivity contribution in [1.82, 2.24) is 0 Å². The third-order valence-electron chi connectivity index (χ3n) is 1.96. The summed E-state index contributed by atoms with van der Waals surface area (Å²) in [6.45, 7) is 6.57. The molecule has 0 radical (unpaired) electrons. The largest absolute Gasteiger partial charge is 0.462 e. The van der Waals surface area contributed by atoms with Crippen molar-refractivity contribution < 1.29 is 9.53 Å². The number of carbonyl (C=O) groups excluding carboxylic acids is 1. The highest BCUT2D eigenvalue weighted by Crippen LogP contribution is 2.21. The maximum absolute atomic E-state index is 11.8. The molecule has 2 nitrogen and oxygen atoms in total. The minimum atomic E-state index is -0.236. The lowest BCUT2D eigenvalue weighted by Crippen LogP contribution is -2.18. The first-order valence-electron chi connectivity index (χ1n) is 5.24. The third kappa shape index (κ3) is 3.89. The fourth-order valence-corrected chi connectivity index (χ4v) is 1.76. The molecule has 0 saturated carbocycles. The normalized spacial score (nSPS) is 11.2. The van der Waals surface area contributed by atoms with Crippen LogP contribution in [0.4, 0.5) is 0 Å². The lowest BCUT2D eigenvalue weighted by atomic mass is 9.99. The van der Waals surface area contributed by atoms with Crippen LogP contribution < -0.4 is 0 Å². The zero-order chi connectivity index (χ0) is 12.2. The van der Waals surface area contributed by atoms with Crippen LogP contribution in [0, 0.1) is 5.41 Å². The fourth-order valence-electron chi connectivity index (χ4n) is 1.17. The molecule has 0 bridgehead atoms. The maximum Gasteiger partial charge on any atom is 0.339 e. The van der Waals surface area contributed by atoms with Crippen molar-refractivity contribution in [3.8, 4) is 0 Å². The number of esters is 1. The van der Waals surface area contributed by atoms with Crippen LogP contribution >= 0.6 is 11.8 Å². The van der Waals surface area contributed by atoms with Crippen LogP contribution in [0.25, 0.3) is 0 Å². The summed E-state index contributed by atoms with van der Waals surface area (Å²) in [7, 11) is 0. The Hall–Kier alpha value is -0.960. The SMILES string of the molecule is CSc1ccccc1C(=O)OCC(C)(C)C. The van der Waals surface area contributed by atoms with Gasteiger partial charge in [-0.2, -0.15) is 0 Å². The molecule has 16 heavy (non-hydrogen) atoms. The summed E-state index contributed by atoms with van der Waals surface area (Å²) in [6.07, 6.45) is 1.95. The van der Waals surface area contributed by atoms with Gasteiger partial charge in [-0.15, -0.1) is 11.8 Å². The molecule has 0 saturated heterocycles. The first kappa shape index (κ1) is 13.1. The molecule has 0 heterocycles. The molecular formula is C13H18O2S. The van der Waals surface area contributed by atoms with Crippen LogP contribution in [0.1, 0.15) is 31.1 Å². The van der Waals surface area contributed by atoms with Crippen molar-refractivity contribution in [3.05, 3.63) is 29.8 Å². The summed E-state index contributed by atoms with van der Waals surface area (Å²) in [6, 6.07) is 7.51. The average Bonchev–Trinajstić information content (AvgIpc) is 2.25. The van der Waals surface area contributed by atoms with Gasteiger partial charge in [-0.3, -0.25) is 0 Å². The van der Waals surface area contributed by atoms with Gasteiger partial charge in [0.15, 0.2) is 0 Å². The van der Waals surface area contributed by atoms with E-state index in [0.29, 0.717) is 12.2 Å². The summed E-state index contributed by atoms with van der Waals surface area (Å²) in [5.41, 5.74) is 0.656. The van der Waals surface area contributed by atoms with Gasteiger partial charge < -0.3 is 4.74 Å². The van der Waals surface area contributed by atoms with Crippen molar-refractivity contribution in [3.63, 3.8) is 0 Å². The quantitative estimate of drug-likeness (QED) is 0.594. The van der Waals surface area contributed by atoms with E-state index in [9.17, 15) is 4.79 Å². The Bertz CT molecular complexity index is 366. The number of thioether (sulfide) groups is 1. The monoisotopic (exact) mass is 238 g/mol. The van der Waals surface area contributed by atoms with Crippen molar-refractivity contribution in [1.29, 1.82) is 0 Å². The zero-order valence-corrected chi connectivity index (χ0v) is 11.1. The maximum atomic E-state index is 11.8. The van der Waals surface area contributed by atoms with Gasteiger partial charge in [-0.05, 0) is 23.8 Å². The van der Waals surface area contributed by atoms with E-state index in [2.05, 4.69) is 0 Å². The number of rotatable bonds is 3. The second kappa shape index (κ2) is 5.39. The zero-order valence-electron chi connectivity index (χ0n) is 10.2. The summed E-state index contributed by atoms with van der Waals surface area (Å²) in [5.74, 6) is -0.236. The Morgan fingerprint density at radius 3 is 2.50 bits per heavy atom. The second-order valence-electron chi connectivity index (χ2n) is 4.84. The summed E-state index contributed by atoms with van der Waals surface area (Å²) < 4.78 is 5.28. The molecule has 0 aliphatic heterocycles. The second-order valence-corrected chi connectivity index (χ2v) is 5.69. The van der Waals surface area contributed by atoms with E-state index < -0.39 is 0 Å². The Labute approximate surface area is 101 Å². The lowest BCUT2D eigenvalue weighted by molar-refractivity contribution is 0.0363. The highest BCUT2D eigenvalue weighted by molar-refractivity contribution is 7.98. The fraction of sp³-hybridized carbons (Fsp3) is 0.462. The Kier molecular flexibility index (Phi) is 4.42. The van der Waals surface area contributed by atoms with Crippen LogP contribution in [0.15, 0.2) is 29.2 Å². The minimum absolute atomic E-state index is 0.00393. The molecule has 88 valence electrons. The van der Waals surface area contributed by atoms with Crippen LogP contribution in [0.5, 0.6) is 0 Å². The molecular weight excluding hydrogens is 220 g/mol. The smallest absolute Gasteiger partial charge is 0.339 e. The van der Waals surface area contributed by atoms with Crippen molar-refractivity contribution in [2.24, 2.45) is 5.41 Å². The molecule has 0 N–H and O–H groups in total. The standard InChI is InChI=1S/C13H18O2S/c1-13(2,3)9-15-12(14)10-7-5-6-8-11(10)16-4/h5-8H,9H2,1-4H3. The van der Waals surface area contributed by atoms with Gasteiger partial charge in [0.1, 0.15) is 0 Å². The molecule has 0 fully saturated rings. The van der Waals surface area contributed by atoms with Crippen molar-refractivity contribution in [2.45, 2.75) is 25.7 Å². The Morgan fingerprint density at radius 1 is 1.31 bits per heavy atom. The van der Waals surface area contributed by atoms with Crippen LogP contribution in [0.3, 0.4) is 0 Å². The van der Waals surface area contributed by atoms with Gasteiger partial charge in [0.25, 0.3) is 0 Å².